The molecule has 1 unspecified atom stereocenters. The fourth-order valence-corrected chi connectivity index (χ4v) is 4.12. The topological polar surface area (TPSA) is 78.5 Å². The molecule has 2 N–H and O–H groups in total. The third-order valence-electron chi connectivity index (χ3n) is 4.70. The average Bonchev–Trinajstić information content (AvgIpc) is 2.72. The number of benzene rings is 2. The second-order valence-electron chi connectivity index (χ2n) is 6.55. The van der Waals surface area contributed by atoms with Gasteiger partial charge in [0, 0.05) is 19.5 Å². The molecule has 0 aliphatic heterocycles. The summed E-state index contributed by atoms with van der Waals surface area (Å²) in [4.78, 5) is 14.5. The van der Waals surface area contributed by atoms with Crippen LogP contribution in [0.25, 0.3) is 0 Å². The summed E-state index contributed by atoms with van der Waals surface area (Å²) in [5.74, 6) is -0.746. The number of hydrogen-bond donors (Lipinski definition) is 2. The van der Waals surface area contributed by atoms with Crippen LogP contribution in [0.3, 0.4) is 0 Å². The van der Waals surface area contributed by atoms with E-state index in [1.54, 1.807) is 0 Å². The molecule has 0 saturated carbocycles. The van der Waals surface area contributed by atoms with Crippen LogP contribution in [-0.2, 0) is 14.8 Å². The SMILES string of the molecule is CCN(CC)C(CNC(=O)CCNS(=O)(=O)c1ccc(F)cc1)c1ccccc1. The van der Waals surface area contributed by atoms with Gasteiger partial charge in [-0.15, -0.1) is 0 Å². The molecule has 0 aliphatic carbocycles. The van der Waals surface area contributed by atoms with Crippen molar-refractivity contribution in [3.05, 3.63) is 66.0 Å². The summed E-state index contributed by atoms with van der Waals surface area (Å²) >= 11 is 0. The molecule has 0 heterocycles. The number of carbonyl (C=O) groups excluding carboxylic acids is 1. The molecule has 2 rings (SSSR count). The Kier molecular flexibility index (Phi) is 8.75. The van der Waals surface area contributed by atoms with E-state index in [9.17, 15) is 17.6 Å². The summed E-state index contributed by atoms with van der Waals surface area (Å²) in [6.45, 7) is 6.26. The van der Waals surface area contributed by atoms with Gasteiger partial charge in [-0.25, -0.2) is 17.5 Å². The number of rotatable bonds is 11. The number of carbonyl (C=O) groups is 1. The number of likely N-dealkylation sites (N-methyl/N-ethyl adjacent to an activating group) is 1. The fourth-order valence-electron chi connectivity index (χ4n) is 3.09. The minimum atomic E-state index is -3.77. The van der Waals surface area contributed by atoms with Crippen molar-refractivity contribution in [2.24, 2.45) is 0 Å². The van der Waals surface area contributed by atoms with Gasteiger partial charge in [0.1, 0.15) is 5.82 Å². The molecule has 2 aromatic rings. The normalized spacial score (nSPS) is 12.7. The van der Waals surface area contributed by atoms with E-state index >= 15 is 0 Å². The molecule has 158 valence electrons. The predicted octanol–water partition coefficient (Wildman–Crippen LogP) is 2.69. The standard InChI is InChI=1S/C21H28FN3O3S/c1-3-25(4-2)20(17-8-6-5-7-9-17)16-23-21(26)14-15-24-29(27,28)19-12-10-18(22)11-13-19/h5-13,20,24H,3-4,14-16H2,1-2H3,(H,23,26). The largest absolute Gasteiger partial charge is 0.354 e. The van der Waals surface area contributed by atoms with Gasteiger partial charge >= 0.3 is 0 Å². The number of nitrogens with zero attached hydrogens (tertiary/aromatic N) is 1. The van der Waals surface area contributed by atoms with Crippen molar-refractivity contribution < 1.29 is 17.6 Å². The molecule has 6 nitrogen and oxygen atoms in total. The zero-order valence-corrected chi connectivity index (χ0v) is 17.6. The Bertz CT molecular complexity index is 870. The van der Waals surface area contributed by atoms with Gasteiger partial charge in [-0.3, -0.25) is 9.69 Å². The Morgan fingerprint density at radius 2 is 1.66 bits per heavy atom. The Morgan fingerprint density at radius 1 is 1.03 bits per heavy atom. The first-order chi connectivity index (χ1) is 13.9. The first kappa shape index (κ1) is 23.0. The van der Waals surface area contributed by atoms with E-state index in [1.165, 1.54) is 12.1 Å². The Balaban J connectivity index is 1.88. The quantitative estimate of drug-likeness (QED) is 0.585. The van der Waals surface area contributed by atoms with Gasteiger partial charge in [-0.2, -0.15) is 0 Å². The van der Waals surface area contributed by atoms with Gasteiger partial charge in [0.15, 0.2) is 0 Å². The predicted molar refractivity (Wildman–Crippen MR) is 111 cm³/mol. The molecule has 1 atom stereocenters. The molecule has 8 heteroatoms. The number of halogens is 1. The Hall–Kier alpha value is -2.29. The van der Waals surface area contributed by atoms with Crippen LogP contribution in [0.4, 0.5) is 4.39 Å². The summed E-state index contributed by atoms with van der Waals surface area (Å²) in [5, 5.41) is 2.90. The van der Waals surface area contributed by atoms with Crippen LogP contribution >= 0.6 is 0 Å². The maximum absolute atomic E-state index is 12.9. The third kappa shape index (κ3) is 6.92. The van der Waals surface area contributed by atoms with Crippen molar-refractivity contribution in [2.45, 2.75) is 31.2 Å². The van der Waals surface area contributed by atoms with Gasteiger partial charge in [0.05, 0.1) is 10.9 Å². The highest BCUT2D eigenvalue weighted by molar-refractivity contribution is 7.89. The smallest absolute Gasteiger partial charge is 0.240 e. The van der Waals surface area contributed by atoms with Crippen molar-refractivity contribution in [1.29, 1.82) is 0 Å². The first-order valence-corrected chi connectivity index (χ1v) is 11.2. The number of nitrogens with one attached hydrogen (secondary N) is 2. The summed E-state index contributed by atoms with van der Waals surface area (Å²) in [6, 6.07) is 14.5. The number of amides is 1. The van der Waals surface area contributed by atoms with Gasteiger partial charge < -0.3 is 5.32 Å². The second-order valence-corrected chi connectivity index (χ2v) is 8.32. The molecule has 0 bridgehead atoms. The third-order valence-corrected chi connectivity index (χ3v) is 6.18. The Morgan fingerprint density at radius 3 is 2.24 bits per heavy atom. The van der Waals surface area contributed by atoms with Crippen LogP contribution in [-0.4, -0.2) is 45.4 Å². The summed E-state index contributed by atoms with van der Waals surface area (Å²) in [5.41, 5.74) is 1.12. The van der Waals surface area contributed by atoms with Gasteiger partial charge in [-0.1, -0.05) is 44.2 Å². The summed E-state index contributed by atoms with van der Waals surface area (Å²) in [7, 11) is -3.77. The van der Waals surface area contributed by atoms with Crippen molar-refractivity contribution >= 4 is 15.9 Å². The van der Waals surface area contributed by atoms with Crippen LogP contribution in [0.15, 0.2) is 59.5 Å². The number of sulfonamides is 1. The van der Waals surface area contributed by atoms with Gasteiger partial charge in [-0.05, 0) is 42.9 Å². The highest BCUT2D eigenvalue weighted by Crippen LogP contribution is 2.19. The molecule has 0 radical (unpaired) electrons. The molecule has 29 heavy (non-hydrogen) atoms. The van der Waals surface area contributed by atoms with E-state index < -0.39 is 15.8 Å². The van der Waals surface area contributed by atoms with Gasteiger partial charge in [0.2, 0.25) is 15.9 Å². The lowest BCUT2D eigenvalue weighted by atomic mass is 10.1. The lowest BCUT2D eigenvalue weighted by molar-refractivity contribution is -0.121. The zero-order chi connectivity index (χ0) is 21.3. The highest BCUT2D eigenvalue weighted by Gasteiger charge is 2.19. The molecule has 1 amide bonds. The fraction of sp³-hybridized carbons (Fsp3) is 0.381. The van der Waals surface area contributed by atoms with Crippen LogP contribution < -0.4 is 10.0 Å². The molecular formula is C21H28FN3O3S. The van der Waals surface area contributed by atoms with E-state index in [0.717, 1.165) is 30.8 Å². The summed E-state index contributed by atoms with van der Waals surface area (Å²) < 4.78 is 39.7. The number of hydrogen-bond acceptors (Lipinski definition) is 4. The van der Waals surface area contributed by atoms with Crippen molar-refractivity contribution in [2.75, 3.05) is 26.2 Å². The lowest BCUT2D eigenvalue weighted by Gasteiger charge is -2.30. The molecule has 0 aromatic heterocycles. The average molecular weight is 422 g/mol. The van der Waals surface area contributed by atoms with Crippen molar-refractivity contribution in [3.63, 3.8) is 0 Å². The van der Waals surface area contributed by atoms with Gasteiger partial charge in [0.25, 0.3) is 0 Å². The van der Waals surface area contributed by atoms with Crippen LogP contribution in [0.2, 0.25) is 0 Å². The van der Waals surface area contributed by atoms with Crippen molar-refractivity contribution in [3.8, 4) is 0 Å². The van der Waals surface area contributed by atoms with E-state index in [0.29, 0.717) is 6.54 Å². The molecule has 2 aromatic carbocycles. The second kappa shape index (κ2) is 11.0. The first-order valence-electron chi connectivity index (χ1n) is 9.68. The molecule has 0 fully saturated rings. The molecule has 0 aliphatic rings. The molecular weight excluding hydrogens is 393 g/mol. The monoisotopic (exact) mass is 421 g/mol. The van der Waals surface area contributed by atoms with Crippen LogP contribution in [0.1, 0.15) is 31.9 Å². The maximum atomic E-state index is 12.9. The Labute approximate surface area is 172 Å². The minimum absolute atomic E-state index is 0.0141. The van der Waals surface area contributed by atoms with Crippen LogP contribution in [0, 0.1) is 5.82 Å². The van der Waals surface area contributed by atoms with E-state index in [1.807, 2.05) is 30.3 Å². The highest BCUT2D eigenvalue weighted by atomic mass is 32.2. The van der Waals surface area contributed by atoms with E-state index in [-0.39, 0.29) is 29.8 Å². The molecule has 0 spiro atoms. The van der Waals surface area contributed by atoms with Crippen molar-refractivity contribution in [1.82, 2.24) is 14.9 Å². The van der Waals surface area contributed by atoms with E-state index in [2.05, 4.69) is 28.8 Å². The summed E-state index contributed by atoms with van der Waals surface area (Å²) in [6.07, 6.45) is 0.0141. The molecule has 0 saturated heterocycles. The van der Waals surface area contributed by atoms with Crippen LogP contribution in [0.5, 0.6) is 0 Å². The maximum Gasteiger partial charge on any atom is 0.240 e. The minimum Gasteiger partial charge on any atom is -0.354 e. The zero-order valence-electron chi connectivity index (χ0n) is 16.8. The lowest BCUT2D eigenvalue weighted by Crippen LogP contribution is -2.39. The van der Waals surface area contributed by atoms with E-state index in [4.69, 9.17) is 0 Å².